The Morgan fingerprint density at radius 2 is 2.00 bits per heavy atom. The maximum atomic E-state index is 6.25. The molecular weight excluding hydrogens is 234 g/mol. The fourth-order valence-corrected chi connectivity index (χ4v) is 2.25. The van der Waals surface area contributed by atoms with Gasteiger partial charge in [-0.3, -0.25) is 4.68 Å². The summed E-state index contributed by atoms with van der Waals surface area (Å²) in [5, 5.41) is 8.53. The molecule has 0 aromatic carbocycles. The van der Waals surface area contributed by atoms with Gasteiger partial charge in [-0.25, -0.2) is 0 Å². The van der Waals surface area contributed by atoms with Crippen molar-refractivity contribution in [3.63, 3.8) is 0 Å². The van der Waals surface area contributed by atoms with Gasteiger partial charge in [0, 0.05) is 12.6 Å². The van der Waals surface area contributed by atoms with Gasteiger partial charge >= 0.3 is 0 Å². The van der Waals surface area contributed by atoms with Crippen LogP contribution in [0.15, 0.2) is 0 Å². The van der Waals surface area contributed by atoms with E-state index in [1.54, 1.807) is 4.68 Å². The second kappa shape index (κ2) is 6.41. The molecule has 0 aliphatic heterocycles. The van der Waals surface area contributed by atoms with Crippen molar-refractivity contribution in [3.8, 4) is 0 Å². The maximum absolute atomic E-state index is 6.25. The lowest BCUT2D eigenvalue weighted by Crippen LogP contribution is -2.26. The van der Waals surface area contributed by atoms with Crippen molar-refractivity contribution in [1.82, 2.24) is 15.1 Å². The molecule has 1 aromatic heterocycles. The minimum atomic E-state index is 0.606. The number of halogens is 1. The number of hydrogen-bond acceptors (Lipinski definition) is 2. The number of rotatable bonds is 6. The van der Waals surface area contributed by atoms with Crippen LogP contribution in [0.5, 0.6) is 0 Å². The van der Waals surface area contributed by atoms with Gasteiger partial charge in [-0.05, 0) is 38.3 Å². The van der Waals surface area contributed by atoms with E-state index in [0.29, 0.717) is 11.8 Å². The Balaban J connectivity index is 2.64. The molecule has 0 amide bonds. The Bertz CT molecular complexity index is 360. The molecule has 1 rings (SSSR count). The Labute approximate surface area is 110 Å². The van der Waals surface area contributed by atoms with E-state index in [2.05, 4.69) is 31.2 Å². The summed E-state index contributed by atoms with van der Waals surface area (Å²) < 4.78 is 1.76. The highest BCUT2D eigenvalue weighted by Crippen LogP contribution is 2.24. The van der Waals surface area contributed by atoms with E-state index in [1.165, 1.54) is 5.56 Å². The number of aromatic nitrogens is 2. The first kappa shape index (κ1) is 14.5. The zero-order valence-corrected chi connectivity index (χ0v) is 12.3. The Morgan fingerprint density at radius 3 is 2.47 bits per heavy atom. The van der Waals surface area contributed by atoms with Crippen LogP contribution in [-0.4, -0.2) is 22.9 Å². The number of nitrogens with one attached hydrogen (secondary N) is 1. The third-order valence-electron chi connectivity index (χ3n) is 3.48. The molecule has 17 heavy (non-hydrogen) atoms. The number of nitrogens with zero attached hydrogens (tertiary/aromatic N) is 2. The van der Waals surface area contributed by atoms with Crippen LogP contribution < -0.4 is 5.32 Å². The summed E-state index contributed by atoms with van der Waals surface area (Å²) in [6, 6.07) is 0. The van der Waals surface area contributed by atoms with Gasteiger partial charge in [0.1, 0.15) is 5.15 Å². The van der Waals surface area contributed by atoms with Crippen LogP contribution in [0.2, 0.25) is 5.15 Å². The summed E-state index contributed by atoms with van der Waals surface area (Å²) in [6.07, 6.45) is 1.01. The maximum Gasteiger partial charge on any atom is 0.130 e. The molecule has 4 heteroatoms. The lowest BCUT2D eigenvalue weighted by atomic mass is 9.90. The summed E-state index contributed by atoms with van der Waals surface area (Å²) in [6.45, 7) is 10.8. The third-order valence-corrected chi connectivity index (χ3v) is 3.96. The second-order valence-electron chi connectivity index (χ2n) is 4.94. The van der Waals surface area contributed by atoms with Crippen LogP contribution >= 0.6 is 11.6 Å². The van der Waals surface area contributed by atoms with Gasteiger partial charge in [-0.15, -0.1) is 0 Å². The fraction of sp³-hybridized carbons (Fsp3) is 0.769. The monoisotopic (exact) mass is 257 g/mol. The molecule has 1 N–H and O–H groups in total. The van der Waals surface area contributed by atoms with Crippen molar-refractivity contribution in [2.45, 2.75) is 34.1 Å². The van der Waals surface area contributed by atoms with Crippen molar-refractivity contribution in [2.75, 3.05) is 13.1 Å². The molecule has 0 fully saturated rings. The topological polar surface area (TPSA) is 29.9 Å². The van der Waals surface area contributed by atoms with Crippen LogP contribution in [0, 0.1) is 18.8 Å². The van der Waals surface area contributed by atoms with Crippen LogP contribution in [0.25, 0.3) is 0 Å². The quantitative estimate of drug-likeness (QED) is 0.849. The lowest BCUT2D eigenvalue weighted by molar-refractivity contribution is 0.368. The standard InChI is InChI=1S/C13H24ClN3/c1-6-15-8-10(3)9(2)7-12-11(4)16-17(5)13(12)14/h9-10,15H,6-8H2,1-5H3. The molecule has 1 heterocycles. The SMILES string of the molecule is CCNCC(C)C(C)Cc1c(C)nn(C)c1Cl. The fourth-order valence-electron chi connectivity index (χ4n) is 2.00. The molecule has 2 unspecified atom stereocenters. The zero-order valence-electron chi connectivity index (χ0n) is 11.5. The van der Waals surface area contributed by atoms with Gasteiger partial charge in [0.05, 0.1) is 5.69 Å². The van der Waals surface area contributed by atoms with Gasteiger partial charge in [-0.2, -0.15) is 5.10 Å². The molecule has 1 aromatic rings. The van der Waals surface area contributed by atoms with E-state index in [0.717, 1.165) is 30.4 Å². The minimum absolute atomic E-state index is 0.606. The van der Waals surface area contributed by atoms with E-state index >= 15 is 0 Å². The predicted octanol–water partition coefficient (Wildman–Crippen LogP) is 2.81. The van der Waals surface area contributed by atoms with Gasteiger partial charge in [-0.1, -0.05) is 32.4 Å². The molecule has 0 saturated carbocycles. The highest BCUT2D eigenvalue weighted by molar-refractivity contribution is 6.30. The zero-order chi connectivity index (χ0) is 13.0. The molecule has 2 atom stereocenters. The van der Waals surface area contributed by atoms with Crippen LogP contribution in [-0.2, 0) is 13.5 Å². The normalized spacial score (nSPS) is 14.9. The summed E-state index contributed by atoms with van der Waals surface area (Å²) in [4.78, 5) is 0. The first-order valence-electron chi connectivity index (χ1n) is 6.36. The minimum Gasteiger partial charge on any atom is -0.317 e. The molecular formula is C13H24ClN3. The summed E-state index contributed by atoms with van der Waals surface area (Å²) >= 11 is 6.25. The van der Waals surface area contributed by atoms with E-state index in [4.69, 9.17) is 11.6 Å². The Hall–Kier alpha value is -0.540. The molecule has 0 saturated heterocycles. The summed E-state index contributed by atoms with van der Waals surface area (Å²) in [5.41, 5.74) is 2.25. The summed E-state index contributed by atoms with van der Waals surface area (Å²) in [7, 11) is 1.89. The van der Waals surface area contributed by atoms with Gasteiger partial charge in [0.2, 0.25) is 0 Å². The highest BCUT2D eigenvalue weighted by Gasteiger charge is 2.18. The Morgan fingerprint density at radius 1 is 1.35 bits per heavy atom. The van der Waals surface area contributed by atoms with Gasteiger partial charge in [0.15, 0.2) is 0 Å². The molecule has 98 valence electrons. The average molecular weight is 258 g/mol. The molecule has 0 aliphatic carbocycles. The highest BCUT2D eigenvalue weighted by atomic mass is 35.5. The molecule has 3 nitrogen and oxygen atoms in total. The summed E-state index contributed by atoms with van der Waals surface area (Å²) in [5.74, 6) is 1.25. The van der Waals surface area contributed by atoms with Gasteiger partial charge in [0.25, 0.3) is 0 Å². The van der Waals surface area contributed by atoms with Crippen LogP contribution in [0.4, 0.5) is 0 Å². The molecule has 0 radical (unpaired) electrons. The first-order chi connectivity index (χ1) is 7.97. The van der Waals surface area contributed by atoms with Crippen molar-refractivity contribution in [3.05, 3.63) is 16.4 Å². The predicted molar refractivity (Wildman–Crippen MR) is 73.5 cm³/mol. The Kier molecular flexibility index (Phi) is 5.47. The van der Waals surface area contributed by atoms with Crippen molar-refractivity contribution in [1.29, 1.82) is 0 Å². The number of aryl methyl sites for hydroxylation is 2. The first-order valence-corrected chi connectivity index (χ1v) is 6.73. The molecule has 0 spiro atoms. The largest absolute Gasteiger partial charge is 0.317 e. The van der Waals surface area contributed by atoms with Crippen molar-refractivity contribution in [2.24, 2.45) is 18.9 Å². The van der Waals surface area contributed by atoms with Crippen LogP contribution in [0.1, 0.15) is 32.0 Å². The molecule has 0 aliphatic rings. The van der Waals surface area contributed by atoms with Crippen LogP contribution in [0.3, 0.4) is 0 Å². The van der Waals surface area contributed by atoms with Gasteiger partial charge < -0.3 is 5.32 Å². The lowest BCUT2D eigenvalue weighted by Gasteiger charge is -2.20. The van der Waals surface area contributed by atoms with Crippen molar-refractivity contribution >= 4 is 11.6 Å². The number of hydrogen-bond donors (Lipinski definition) is 1. The smallest absolute Gasteiger partial charge is 0.130 e. The van der Waals surface area contributed by atoms with E-state index < -0.39 is 0 Å². The van der Waals surface area contributed by atoms with E-state index in [1.807, 2.05) is 14.0 Å². The second-order valence-corrected chi connectivity index (χ2v) is 5.30. The molecule has 0 bridgehead atoms. The van der Waals surface area contributed by atoms with Crippen molar-refractivity contribution < 1.29 is 0 Å². The third kappa shape index (κ3) is 3.71. The van der Waals surface area contributed by atoms with E-state index in [-0.39, 0.29) is 0 Å². The van der Waals surface area contributed by atoms with E-state index in [9.17, 15) is 0 Å². The average Bonchev–Trinajstić information content (AvgIpc) is 2.52.